The quantitative estimate of drug-likeness (QED) is 0.266. The highest BCUT2D eigenvalue weighted by atomic mass is 35.5. The number of halogens is 4. The standard InChI is InChI=1S/C21H23ClF3N5O/c1-30(27)29-19(26)13-7-5-12(6-8-13)17(14-9-10-21(24,25)11-14)20(31)28-16-4-2-3-15(22)18(16)23/h2-8,14,17H,9-11,27H2,1H3,(H2,26,29)(H,28,31). The van der Waals surface area contributed by atoms with Crippen LogP contribution in [0.15, 0.2) is 47.6 Å². The summed E-state index contributed by atoms with van der Waals surface area (Å²) in [5, 5.41) is 7.31. The van der Waals surface area contributed by atoms with Gasteiger partial charge in [0.1, 0.15) is 0 Å². The second-order valence-corrected chi connectivity index (χ2v) is 8.02. The average molecular weight is 454 g/mol. The number of carbonyl (C=O) groups excluding carboxylic acids is 1. The van der Waals surface area contributed by atoms with Crippen LogP contribution in [0.2, 0.25) is 5.02 Å². The lowest BCUT2D eigenvalue weighted by Gasteiger charge is -2.24. The predicted octanol–water partition coefficient (Wildman–Crippen LogP) is 4.06. The molecule has 0 radical (unpaired) electrons. The highest BCUT2D eigenvalue weighted by Crippen LogP contribution is 2.46. The molecule has 0 aliphatic heterocycles. The highest BCUT2D eigenvalue weighted by Gasteiger charge is 2.45. The fourth-order valence-corrected chi connectivity index (χ4v) is 3.98. The van der Waals surface area contributed by atoms with Crippen LogP contribution in [0.3, 0.4) is 0 Å². The van der Waals surface area contributed by atoms with Gasteiger partial charge < -0.3 is 11.1 Å². The molecule has 2 aromatic carbocycles. The molecular weight excluding hydrogens is 431 g/mol. The molecule has 0 bridgehead atoms. The van der Waals surface area contributed by atoms with E-state index < -0.39 is 35.9 Å². The summed E-state index contributed by atoms with van der Waals surface area (Å²) >= 11 is 5.78. The Hall–Kier alpha value is -2.78. The first-order valence-corrected chi connectivity index (χ1v) is 10.0. The van der Waals surface area contributed by atoms with Crippen LogP contribution >= 0.6 is 11.6 Å². The van der Waals surface area contributed by atoms with E-state index in [9.17, 15) is 18.0 Å². The smallest absolute Gasteiger partial charge is 0.248 e. The molecule has 0 aromatic heterocycles. The minimum atomic E-state index is -2.84. The molecule has 1 fully saturated rings. The Bertz CT molecular complexity index is 981. The molecule has 5 N–H and O–H groups in total. The van der Waals surface area contributed by atoms with Gasteiger partial charge in [-0.3, -0.25) is 4.79 Å². The Morgan fingerprint density at radius 3 is 2.55 bits per heavy atom. The SMILES string of the molecule is CN(N)/N=C(\N)c1ccc(C(C(=O)Nc2cccc(Cl)c2F)C2CCC(F)(F)C2)cc1. The zero-order valence-electron chi connectivity index (χ0n) is 16.8. The number of carbonyl (C=O) groups is 1. The molecule has 0 spiro atoms. The summed E-state index contributed by atoms with van der Waals surface area (Å²) in [6, 6.07) is 10.7. The molecule has 1 amide bonds. The largest absolute Gasteiger partial charge is 0.382 e. The molecule has 2 atom stereocenters. The molecule has 1 aliphatic rings. The number of hydrogen-bond acceptors (Lipinski definition) is 4. The van der Waals surface area contributed by atoms with Crippen LogP contribution in [0.4, 0.5) is 18.9 Å². The third kappa shape index (κ3) is 5.48. The summed E-state index contributed by atoms with van der Waals surface area (Å²) in [7, 11) is 1.51. The summed E-state index contributed by atoms with van der Waals surface area (Å²) < 4.78 is 42.1. The van der Waals surface area contributed by atoms with E-state index in [2.05, 4.69) is 10.4 Å². The van der Waals surface area contributed by atoms with E-state index in [0.29, 0.717) is 11.1 Å². The van der Waals surface area contributed by atoms with Crippen molar-refractivity contribution in [2.75, 3.05) is 12.4 Å². The summed E-state index contributed by atoms with van der Waals surface area (Å²) in [6.07, 6.45) is -0.549. The fourth-order valence-electron chi connectivity index (χ4n) is 3.81. The van der Waals surface area contributed by atoms with E-state index >= 15 is 0 Å². The zero-order valence-corrected chi connectivity index (χ0v) is 17.5. The lowest BCUT2D eigenvalue weighted by Crippen LogP contribution is -2.28. The number of nitrogens with two attached hydrogens (primary N) is 2. The van der Waals surface area contributed by atoms with Crippen LogP contribution in [0.5, 0.6) is 0 Å². The lowest BCUT2D eigenvalue weighted by atomic mass is 9.83. The number of rotatable bonds is 6. The molecule has 6 nitrogen and oxygen atoms in total. The molecule has 10 heteroatoms. The van der Waals surface area contributed by atoms with Gasteiger partial charge in [-0.15, -0.1) is 5.10 Å². The first-order valence-electron chi connectivity index (χ1n) is 9.63. The van der Waals surface area contributed by atoms with Gasteiger partial charge in [0.15, 0.2) is 11.7 Å². The Labute approximate surface area is 183 Å². The average Bonchev–Trinajstić information content (AvgIpc) is 3.05. The van der Waals surface area contributed by atoms with Gasteiger partial charge in [-0.05, 0) is 30.0 Å². The molecule has 0 saturated heterocycles. The number of benzene rings is 2. The maximum absolute atomic E-state index is 14.3. The monoisotopic (exact) mass is 453 g/mol. The number of nitrogens with zero attached hydrogens (tertiary/aromatic N) is 2. The van der Waals surface area contributed by atoms with Crippen molar-refractivity contribution < 1.29 is 18.0 Å². The van der Waals surface area contributed by atoms with Gasteiger partial charge >= 0.3 is 0 Å². The second kappa shape index (κ2) is 9.15. The topological polar surface area (TPSA) is 96.7 Å². The van der Waals surface area contributed by atoms with Crippen molar-refractivity contribution in [3.05, 3.63) is 64.4 Å². The van der Waals surface area contributed by atoms with E-state index in [1.54, 1.807) is 24.3 Å². The van der Waals surface area contributed by atoms with Crippen LogP contribution in [0.25, 0.3) is 0 Å². The summed E-state index contributed by atoms with van der Waals surface area (Å²) in [5.74, 6) is -0.103. The number of hydrazone groups is 1. The molecule has 3 rings (SSSR count). The van der Waals surface area contributed by atoms with Crippen molar-refractivity contribution >= 4 is 29.0 Å². The first kappa shape index (κ1) is 22.9. The van der Waals surface area contributed by atoms with E-state index in [1.165, 1.54) is 25.2 Å². The number of alkyl halides is 2. The molecule has 31 heavy (non-hydrogen) atoms. The van der Waals surface area contributed by atoms with Crippen LogP contribution in [0, 0.1) is 11.7 Å². The fraction of sp³-hybridized carbons (Fsp3) is 0.333. The normalized spacial score (nSPS) is 19.2. The lowest BCUT2D eigenvalue weighted by molar-refractivity contribution is -0.118. The van der Waals surface area contributed by atoms with Crippen LogP contribution in [0.1, 0.15) is 36.3 Å². The van der Waals surface area contributed by atoms with E-state index in [-0.39, 0.29) is 29.4 Å². The van der Waals surface area contributed by atoms with Crippen molar-refractivity contribution in [3.8, 4) is 0 Å². The predicted molar refractivity (Wildman–Crippen MR) is 114 cm³/mol. The Balaban J connectivity index is 1.91. The minimum Gasteiger partial charge on any atom is -0.382 e. The minimum absolute atomic E-state index is 0.105. The molecular formula is C21H23ClF3N5O. The Kier molecular flexibility index (Phi) is 6.76. The van der Waals surface area contributed by atoms with Crippen molar-refractivity contribution in [1.82, 2.24) is 5.12 Å². The number of hydrogen-bond donors (Lipinski definition) is 3. The number of anilines is 1. The molecule has 2 aromatic rings. The third-order valence-corrected chi connectivity index (χ3v) is 5.53. The van der Waals surface area contributed by atoms with E-state index in [1.807, 2.05) is 0 Å². The number of amidine groups is 1. The molecule has 166 valence electrons. The van der Waals surface area contributed by atoms with Gasteiger partial charge in [-0.2, -0.15) is 0 Å². The van der Waals surface area contributed by atoms with Crippen LogP contribution in [-0.2, 0) is 4.79 Å². The molecule has 1 aliphatic carbocycles. The number of nitrogens with one attached hydrogen (secondary N) is 1. The van der Waals surface area contributed by atoms with Gasteiger partial charge in [0.2, 0.25) is 11.8 Å². The van der Waals surface area contributed by atoms with Crippen molar-refractivity contribution in [1.29, 1.82) is 0 Å². The van der Waals surface area contributed by atoms with Crippen LogP contribution in [-0.4, -0.2) is 29.8 Å². The maximum atomic E-state index is 14.3. The van der Waals surface area contributed by atoms with Gasteiger partial charge in [-0.1, -0.05) is 41.9 Å². The zero-order chi connectivity index (χ0) is 22.8. The van der Waals surface area contributed by atoms with E-state index in [4.69, 9.17) is 23.2 Å². The Morgan fingerprint density at radius 2 is 1.97 bits per heavy atom. The van der Waals surface area contributed by atoms with Crippen LogP contribution < -0.4 is 16.9 Å². The maximum Gasteiger partial charge on any atom is 0.248 e. The third-order valence-electron chi connectivity index (χ3n) is 5.24. The molecule has 0 heterocycles. The van der Waals surface area contributed by atoms with Gasteiger partial charge in [0.25, 0.3) is 0 Å². The van der Waals surface area contributed by atoms with Crippen molar-refractivity contribution in [3.63, 3.8) is 0 Å². The highest BCUT2D eigenvalue weighted by molar-refractivity contribution is 6.31. The van der Waals surface area contributed by atoms with Gasteiger partial charge in [0, 0.05) is 25.5 Å². The summed E-state index contributed by atoms with van der Waals surface area (Å²) in [5.41, 5.74) is 6.83. The van der Waals surface area contributed by atoms with Gasteiger partial charge in [0.05, 0.1) is 16.6 Å². The van der Waals surface area contributed by atoms with Gasteiger partial charge in [-0.25, -0.2) is 24.1 Å². The van der Waals surface area contributed by atoms with E-state index in [0.717, 1.165) is 5.12 Å². The number of amides is 1. The first-order chi connectivity index (χ1) is 14.6. The van der Waals surface area contributed by atoms with Crippen molar-refractivity contribution in [2.45, 2.75) is 31.1 Å². The molecule has 2 unspecified atom stereocenters. The summed E-state index contributed by atoms with van der Waals surface area (Å²) in [4.78, 5) is 13.1. The Morgan fingerprint density at radius 1 is 1.29 bits per heavy atom. The second-order valence-electron chi connectivity index (χ2n) is 7.61. The number of hydrazine groups is 1. The summed E-state index contributed by atoms with van der Waals surface area (Å²) in [6.45, 7) is 0. The van der Waals surface area contributed by atoms with Crippen molar-refractivity contribution in [2.24, 2.45) is 22.6 Å². The molecule has 1 saturated carbocycles.